The Balaban J connectivity index is 1.77. The Morgan fingerprint density at radius 3 is 2.23 bits per heavy atom. The molecular weight excluding hydrogens is 486 g/mol. The van der Waals surface area contributed by atoms with Crippen LogP contribution in [0, 0.1) is 26.7 Å². The number of hydrogen-bond donors (Lipinski definition) is 1. The summed E-state index contributed by atoms with van der Waals surface area (Å²) in [7, 11) is 2.24. The summed E-state index contributed by atoms with van der Waals surface area (Å²) in [5, 5.41) is 3.15. The van der Waals surface area contributed by atoms with Crippen LogP contribution in [0.3, 0.4) is 0 Å². The van der Waals surface area contributed by atoms with Crippen LogP contribution in [-0.2, 0) is 20.8 Å². The number of amides is 1. The Labute approximate surface area is 233 Å². The van der Waals surface area contributed by atoms with Gasteiger partial charge in [-0.15, -0.1) is 0 Å². The van der Waals surface area contributed by atoms with E-state index in [-0.39, 0.29) is 47.1 Å². The second-order valence-electron chi connectivity index (χ2n) is 13.4. The molecule has 210 valence electrons. The number of Topliss-reactive ketones (excluding diaryl/α,β-unsaturated/α-hetero) is 2. The zero-order valence-electron chi connectivity index (χ0n) is 25.6. The van der Waals surface area contributed by atoms with Crippen molar-refractivity contribution in [3.63, 3.8) is 0 Å². The van der Waals surface area contributed by atoms with E-state index >= 15 is 0 Å². The van der Waals surface area contributed by atoms with Gasteiger partial charge in [-0.25, -0.2) is 0 Å². The Bertz CT molecular complexity index is 1380. The number of carbonyl (C=O) groups excluding carboxylic acids is 3. The fourth-order valence-electron chi connectivity index (χ4n) is 8.23. The van der Waals surface area contributed by atoms with Crippen LogP contribution in [0.4, 0.5) is 0 Å². The average molecular weight is 532 g/mol. The Hall–Kier alpha value is -2.57. The lowest BCUT2D eigenvalue weighted by molar-refractivity contribution is -0.166. The quantitative estimate of drug-likeness (QED) is 0.573. The van der Waals surface area contributed by atoms with Crippen LogP contribution in [-0.4, -0.2) is 64.0 Å². The molecule has 2 unspecified atom stereocenters. The zero-order chi connectivity index (χ0) is 28.9. The molecule has 0 aromatic heterocycles. The second-order valence-corrected chi connectivity index (χ2v) is 13.4. The van der Waals surface area contributed by atoms with Gasteiger partial charge in [0.05, 0.1) is 12.1 Å². The van der Waals surface area contributed by atoms with E-state index in [4.69, 9.17) is 0 Å². The van der Waals surface area contributed by atoms with Gasteiger partial charge in [-0.3, -0.25) is 24.2 Å². The predicted molar refractivity (Wildman–Crippen MR) is 155 cm³/mol. The number of ketones is 2. The summed E-state index contributed by atoms with van der Waals surface area (Å²) in [4.78, 5) is 45.6. The third kappa shape index (κ3) is 3.63. The maximum absolute atomic E-state index is 13.9. The molecule has 1 amide bonds. The minimum atomic E-state index is -0.456. The van der Waals surface area contributed by atoms with Crippen molar-refractivity contribution in [2.24, 2.45) is 5.92 Å². The molecule has 1 aliphatic carbocycles. The monoisotopic (exact) mass is 531 g/mol. The number of fused-ring (bicyclic) bond motifs is 6. The highest BCUT2D eigenvalue weighted by atomic mass is 16.2. The molecule has 1 N–H and O–H groups in total. The van der Waals surface area contributed by atoms with Crippen LogP contribution in [0.25, 0.3) is 0 Å². The van der Waals surface area contributed by atoms with Crippen molar-refractivity contribution in [3.05, 3.63) is 56.2 Å². The van der Waals surface area contributed by atoms with E-state index in [2.05, 4.69) is 69.8 Å². The molecule has 39 heavy (non-hydrogen) atoms. The number of rotatable bonds is 3. The van der Waals surface area contributed by atoms with Crippen LogP contribution in [0.2, 0.25) is 0 Å². The summed E-state index contributed by atoms with van der Waals surface area (Å²) in [6.45, 7) is 21.2. The summed E-state index contributed by atoms with van der Waals surface area (Å²) < 4.78 is 0. The molecule has 0 saturated carbocycles. The number of allylic oxidation sites excluding steroid dienone is 2. The van der Waals surface area contributed by atoms with Gasteiger partial charge in [0, 0.05) is 51.9 Å². The van der Waals surface area contributed by atoms with E-state index in [9.17, 15) is 14.4 Å². The first-order valence-corrected chi connectivity index (χ1v) is 14.5. The normalized spacial score (nSPS) is 32.9. The minimum absolute atomic E-state index is 0.0142. The predicted octanol–water partition coefficient (Wildman–Crippen LogP) is 4.69. The summed E-state index contributed by atoms with van der Waals surface area (Å²) in [5.74, 6) is -0.261. The van der Waals surface area contributed by atoms with E-state index in [0.717, 1.165) is 6.42 Å². The number of carbonyl (C=O) groups is 3. The van der Waals surface area contributed by atoms with E-state index in [1.807, 2.05) is 13.8 Å². The number of nitrogens with one attached hydrogen (secondary N) is 1. The summed E-state index contributed by atoms with van der Waals surface area (Å²) >= 11 is 0. The number of aryl methyl sites for hydroxylation is 1. The topological polar surface area (TPSA) is 69.7 Å². The van der Waals surface area contributed by atoms with Gasteiger partial charge >= 0.3 is 0 Å². The molecule has 2 bridgehead atoms. The van der Waals surface area contributed by atoms with Crippen molar-refractivity contribution in [1.29, 1.82) is 0 Å². The number of likely N-dealkylation sites (N-methyl/N-ethyl adjacent to an activating group) is 1. The fraction of sp³-hybridized carbons (Fsp3) is 0.606. The van der Waals surface area contributed by atoms with Crippen molar-refractivity contribution >= 4 is 17.5 Å². The molecule has 0 radical (unpaired) electrons. The van der Waals surface area contributed by atoms with E-state index in [1.54, 1.807) is 13.8 Å². The van der Waals surface area contributed by atoms with Gasteiger partial charge in [0.15, 0.2) is 11.6 Å². The molecular formula is C33H45N3O3. The lowest BCUT2D eigenvalue weighted by atomic mass is 9.60. The SMILES string of the molecule is CC1=C(C)C(=O)C2=C(CC3(C)[C@H]4c5c(cc(C)c(C)c5C)C[C@@](C)(C(C)N3[C@H]2CNC(=O)C(C)C)N4C)C1=O. The molecule has 5 rings (SSSR count). The molecule has 6 heteroatoms. The van der Waals surface area contributed by atoms with E-state index in [1.165, 1.54) is 27.8 Å². The molecule has 3 heterocycles. The molecule has 1 aromatic carbocycles. The van der Waals surface area contributed by atoms with Crippen molar-refractivity contribution in [2.75, 3.05) is 13.6 Å². The molecule has 5 atom stereocenters. The van der Waals surface area contributed by atoms with Gasteiger partial charge in [0.2, 0.25) is 5.91 Å². The molecule has 1 fully saturated rings. The lowest BCUT2D eigenvalue weighted by Crippen LogP contribution is -2.79. The lowest BCUT2D eigenvalue weighted by Gasteiger charge is -2.70. The van der Waals surface area contributed by atoms with Gasteiger partial charge in [-0.1, -0.05) is 19.9 Å². The van der Waals surface area contributed by atoms with Gasteiger partial charge < -0.3 is 5.32 Å². The average Bonchev–Trinajstić information content (AvgIpc) is 2.87. The molecule has 0 spiro atoms. The summed E-state index contributed by atoms with van der Waals surface area (Å²) in [6.07, 6.45) is 1.42. The molecule has 1 aromatic rings. The minimum Gasteiger partial charge on any atom is -0.354 e. The largest absolute Gasteiger partial charge is 0.354 e. The second kappa shape index (κ2) is 8.97. The summed E-state index contributed by atoms with van der Waals surface area (Å²) in [5.41, 5.74) is 8.40. The van der Waals surface area contributed by atoms with Crippen molar-refractivity contribution in [1.82, 2.24) is 15.1 Å². The maximum Gasteiger partial charge on any atom is 0.222 e. The van der Waals surface area contributed by atoms with E-state index in [0.29, 0.717) is 35.3 Å². The fourth-order valence-corrected chi connectivity index (χ4v) is 8.23. The summed E-state index contributed by atoms with van der Waals surface area (Å²) in [6, 6.07) is 2.11. The van der Waals surface area contributed by atoms with Gasteiger partial charge in [-0.2, -0.15) is 0 Å². The smallest absolute Gasteiger partial charge is 0.222 e. The first kappa shape index (κ1) is 28.0. The Morgan fingerprint density at radius 2 is 1.62 bits per heavy atom. The van der Waals surface area contributed by atoms with Crippen LogP contribution < -0.4 is 5.32 Å². The highest BCUT2D eigenvalue weighted by Gasteiger charge is 2.64. The van der Waals surface area contributed by atoms with Crippen LogP contribution in [0.5, 0.6) is 0 Å². The molecule has 6 nitrogen and oxygen atoms in total. The number of nitrogens with zero attached hydrogens (tertiary/aromatic N) is 2. The highest BCUT2D eigenvalue weighted by molar-refractivity contribution is 6.25. The number of hydrogen-bond acceptors (Lipinski definition) is 5. The van der Waals surface area contributed by atoms with Gasteiger partial charge in [-0.05, 0) is 103 Å². The third-order valence-electron chi connectivity index (χ3n) is 11.1. The van der Waals surface area contributed by atoms with Crippen molar-refractivity contribution < 1.29 is 14.4 Å². The van der Waals surface area contributed by atoms with Crippen molar-refractivity contribution in [2.45, 2.75) is 111 Å². The molecule has 1 saturated heterocycles. The van der Waals surface area contributed by atoms with Crippen LogP contribution in [0.1, 0.15) is 88.7 Å². The first-order valence-electron chi connectivity index (χ1n) is 14.5. The third-order valence-corrected chi connectivity index (χ3v) is 11.1. The van der Waals surface area contributed by atoms with Gasteiger partial charge in [0.1, 0.15) is 0 Å². The van der Waals surface area contributed by atoms with Gasteiger partial charge in [0.25, 0.3) is 0 Å². The van der Waals surface area contributed by atoms with Crippen molar-refractivity contribution in [3.8, 4) is 0 Å². The van der Waals surface area contributed by atoms with Crippen LogP contribution in [0.15, 0.2) is 28.4 Å². The molecule has 4 aliphatic rings. The zero-order valence-corrected chi connectivity index (χ0v) is 25.6. The number of benzene rings is 1. The maximum atomic E-state index is 13.9. The highest BCUT2D eigenvalue weighted by Crippen LogP contribution is 2.59. The Kier molecular flexibility index (Phi) is 6.43. The number of piperazine rings is 1. The molecule has 3 aliphatic heterocycles. The van der Waals surface area contributed by atoms with Crippen LogP contribution >= 0.6 is 0 Å². The standard InChI is InChI=1S/C33H45N3O3/c1-16(2)31(39)34-15-25-27-24(28(37)20(6)21(7)29(27)38)14-33(10)30-26-19(5)18(4)17(3)12-23(26)13-32(9,35(30)11)22(8)36(25)33/h12,16,22,25,30H,13-15H2,1-11H3,(H,34,39)/t22?,25-,30+,32-,33?/m0/s1. The van der Waals surface area contributed by atoms with E-state index < -0.39 is 5.54 Å². The Morgan fingerprint density at radius 1 is 1.00 bits per heavy atom. The first-order chi connectivity index (χ1) is 18.1.